The van der Waals surface area contributed by atoms with Gasteiger partial charge in [0.2, 0.25) is 5.91 Å². The van der Waals surface area contributed by atoms with Crippen molar-refractivity contribution in [3.05, 3.63) is 29.8 Å². The Hall–Kier alpha value is -1.84. The van der Waals surface area contributed by atoms with E-state index in [4.69, 9.17) is 5.11 Å². The number of rotatable bonds is 3. The quantitative estimate of drug-likeness (QED) is 0.796. The minimum Gasteiger partial charge on any atom is -0.478 e. The molecule has 0 spiro atoms. The van der Waals surface area contributed by atoms with Gasteiger partial charge in [-0.2, -0.15) is 0 Å². The van der Waals surface area contributed by atoms with Crippen molar-refractivity contribution in [2.24, 2.45) is 5.92 Å². The van der Waals surface area contributed by atoms with Crippen LogP contribution in [0.3, 0.4) is 0 Å². The first-order valence-corrected chi connectivity index (χ1v) is 4.65. The Labute approximate surface area is 87.9 Å². The molecule has 4 nitrogen and oxygen atoms in total. The number of carboxylic acids is 1. The van der Waals surface area contributed by atoms with Crippen LogP contribution in [0.2, 0.25) is 0 Å². The van der Waals surface area contributed by atoms with Crippen LogP contribution in [0.4, 0.5) is 5.69 Å². The van der Waals surface area contributed by atoms with Crippen molar-refractivity contribution in [1.29, 1.82) is 0 Å². The highest BCUT2D eigenvalue weighted by atomic mass is 16.4. The average molecular weight is 207 g/mol. The first kappa shape index (κ1) is 11.2. The van der Waals surface area contributed by atoms with Crippen molar-refractivity contribution < 1.29 is 14.7 Å². The maximum Gasteiger partial charge on any atom is 0.335 e. The van der Waals surface area contributed by atoms with Gasteiger partial charge in [0.05, 0.1) is 5.56 Å². The van der Waals surface area contributed by atoms with E-state index >= 15 is 0 Å². The number of carbonyl (C=O) groups is 2. The van der Waals surface area contributed by atoms with Crippen LogP contribution in [0, 0.1) is 5.92 Å². The Kier molecular flexibility index (Phi) is 3.44. The zero-order valence-electron chi connectivity index (χ0n) is 8.65. The largest absolute Gasteiger partial charge is 0.478 e. The third kappa shape index (κ3) is 3.09. The minimum absolute atomic E-state index is 0.126. The summed E-state index contributed by atoms with van der Waals surface area (Å²) in [4.78, 5) is 22.0. The lowest BCUT2D eigenvalue weighted by atomic mass is 10.1. The van der Waals surface area contributed by atoms with Crippen molar-refractivity contribution in [2.45, 2.75) is 13.8 Å². The third-order valence-corrected chi connectivity index (χ3v) is 1.90. The summed E-state index contributed by atoms with van der Waals surface area (Å²) in [6.45, 7) is 3.55. The molecule has 1 amide bonds. The molecule has 0 saturated heterocycles. The van der Waals surface area contributed by atoms with Gasteiger partial charge in [-0.1, -0.05) is 19.9 Å². The highest BCUT2D eigenvalue weighted by molar-refractivity contribution is 5.94. The molecule has 0 aliphatic carbocycles. The van der Waals surface area contributed by atoms with Crippen LogP contribution in [0.1, 0.15) is 24.2 Å². The van der Waals surface area contributed by atoms with Gasteiger partial charge < -0.3 is 10.4 Å². The molecule has 4 heteroatoms. The number of nitrogens with one attached hydrogen (secondary N) is 1. The molecule has 1 aromatic rings. The van der Waals surface area contributed by atoms with Crippen LogP contribution in [0.5, 0.6) is 0 Å². The SMILES string of the molecule is CC(C)C(=O)Nc1cccc(C(=O)O)c1. The van der Waals surface area contributed by atoms with Gasteiger partial charge in [0.25, 0.3) is 0 Å². The van der Waals surface area contributed by atoms with Gasteiger partial charge in [0.15, 0.2) is 0 Å². The van der Waals surface area contributed by atoms with E-state index in [0.29, 0.717) is 5.69 Å². The molecule has 0 fully saturated rings. The van der Waals surface area contributed by atoms with Crippen molar-refractivity contribution in [1.82, 2.24) is 0 Å². The summed E-state index contributed by atoms with van der Waals surface area (Å²) >= 11 is 0. The highest BCUT2D eigenvalue weighted by Gasteiger charge is 2.08. The molecule has 0 aromatic heterocycles. The summed E-state index contributed by atoms with van der Waals surface area (Å²) in [7, 11) is 0. The Morgan fingerprint density at radius 1 is 1.33 bits per heavy atom. The smallest absolute Gasteiger partial charge is 0.335 e. The van der Waals surface area contributed by atoms with Crippen LogP contribution in [-0.4, -0.2) is 17.0 Å². The van der Waals surface area contributed by atoms with E-state index < -0.39 is 5.97 Å². The molecule has 15 heavy (non-hydrogen) atoms. The van der Waals surface area contributed by atoms with Gasteiger partial charge in [-0.3, -0.25) is 4.79 Å². The molecular weight excluding hydrogens is 194 g/mol. The summed E-state index contributed by atoms with van der Waals surface area (Å²) in [6, 6.07) is 6.17. The number of anilines is 1. The lowest BCUT2D eigenvalue weighted by molar-refractivity contribution is -0.118. The van der Waals surface area contributed by atoms with Crippen LogP contribution in [0.25, 0.3) is 0 Å². The van der Waals surface area contributed by atoms with Crippen molar-refractivity contribution in [3.8, 4) is 0 Å². The fourth-order valence-electron chi connectivity index (χ4n) is 1.02. The van der Waals surface area contributed by atoms with Crippen LogP contribution in [0.15, 0.2) is 24.3 Å². The normalized spacial score (nSPS) is 10.1. The second-order valence-corrected chi connectivity index (χ2v) is 3.53. The molecule has 0 heterocycles. The molecule has 1 rings (SSSR count). The van der Waals surface area contributed by atoms with E-state index in [-0.39, 0.29) is 17.4 Å². The molecule has 0 atom stereocenters. The maximum atomic E-state index is 11.3. The summed E-state index contributed by atoms with van der Waals surface area (Å²) in [6.07, 6.45) is 0. The number of aromatic carboxylic acids is 1. The summed E-state index contributed by atoms with van der Waals surface area (Å²) in [5.74, 6) is -1.26. The molecule has 0 unspecified atom stereocenters. The first-order valence-electron chi connectivity index (χ1n) is 4.65. The number of carbonyl (C=O) groups excluding carboxylic acids is 1. The van der Waals surface area contributed by atoms with E-state index in [1.807, 2.05) is 0 Å². The molecule has 0 saturated carbocycles. The van der Waals surface area contributed by atoms with Crippen LogP contribution < -0.4 is 5.32 Å². The maximum absolute atomic E-state index is 11.3. The average Bonchev–Trinajstić information content (AvgIpc) is 2.18. The van der Waals surface area contributed by atoms with Gasteiger partial charge in [-0.25, -0.2) is 4.79 Å². The standard InChI is InChI=1S/C11H13NO3/c1-7(2)10(13)12-9-5-3-4-8(6-9)11(14)15/h3-7H,1-2H3,(H,12,13)(H,14,15). The van der Waals surface area contributed by atoms with Crippen LogP contribution >= 0.6 is 0 Å². The van der Waals surface area contributed by atoms with Crippen LogP contribution in [-0.2, 0) is 4.79 Å². The lowest BCUT2D eigenvalue weighted by Gasteiger charge is -2.07. The number of benzene rings is 1. The second kappa shape index (κ2) is 4.59. The van der Waals surface area contributed by atoms with E-state index in [1.165, 1.54) is 12.1 Å². The molecule has 0 aliphatic rings. The lowest BCUT2D eigenvalue weighted by Crippen LogP contribution is -2.17. The molecule has 0 radical (unpaired) electrons. The minimum atomic E-state index is -1.00. The predicted molar refractivity (Wildman–Crippen MR) is 56.9 cm³/mol. The molecule has 2 N–H and O–H groups in total. The first-order chi connectivity index (χ1) is 7.00. The molecular formula is C11H13NO3. The Balaban J connectivity index is 2.83. The van der Waals surface area contributed by atoms with Gasteiger partial charge in [0, 0.05) is 11.6 Å². The molecule has 1 aromatic carbocycles. The third-order valence-electron chi connectivity index (χ3n) is 1.90. The summed E-state index contributed by atoms with van der Waals surface area (Å²) in [5.41, 5.74) is 0.671. The number of hydrogen-bond donors (Lipinski definition) is 2. The molecule has 0 bridgehead atoms. The zero-order chi connectivity index (χ0) is 11.4. The monoisotopic (exact) mass is 207 g/mol. The van der Waals surface area contributed by atoms with E-state index in [2.05, 4.69) is 5.32 Å². The number of carboxylic acid groups (broad SMARTS) is 1. The Morgan fingerprint density at radius 2 is 2.00 bits per heavy atom. The number of amides is 1. The van der Waals surface area contributed by atoms with Gasteiger partial charge in [0.1, 0.15) is 0 Å². The van der Waals surface area contributed by atoms with Gasteiger partial charge in [-0.05, 0) is 18.2 Å². The van der Waals surface area contributed by atoms with E-state index in [9.17, 15) is 9.59 Å². The van der Waals surface area contributed by atoms with E-state index in [1.54, 1.807) is 26.0 Å². The van der Waals surface area contributed by atoms with Crippen molar-refractivity contribution in [2.75, 3.05) is 5.32 Å². The fourth-order valence-corrected chi connectivity index (χ4v) is 1.02. The topological polar surface area (TPSA) is 66.4 Å². The van der Waals surface area contributed by atoms with E-state index in [0.717, 1.165) is 0 Å². The number of hydrogen-bond acceptors (Lipinski definition) is 2. The zero-order valence-corrected chi connectivity index (χ0v) is 8.65. The second-order valence-electron chi connectivity index (χ2n) is 3.53. The highest BCUT2D eigenvalue weighted by Crippen LogP contribution is 2.11. The fraction of sp³-hybridized carbons (Fsp3) is 0.273. The molecule has 80 valence electrons. The summed E-state index contributed by atoms with van der Waals surface area (Å²) in [5, 5.41) is 11.4. The van der Waals surface area contributed by atoms with Gasteiger partial charge >= 0.3 is 5.97 Å². The Morgan fingerprint density at radius 3 is 2.53 bits per heavy atom. The van der Waals surface area contributed by atoms with Crippen molar-refractivity contribution in [3.63, 3.8) is 0 Å². The Bertz CT molecular complexity index is 385. The van der Waals surface area contributed by atoms with Crippen molar-refractivity contribution >= 4 is 17.6 Å². The van der Waals surface area contributed by atoms with Gasteiger partial charge in [-0.15, -0.1) is 0 Å². The predicted octanol–water partition coefficient (Wildman–Crippen LogP) is 1.98. The summed E-state index contributed by atoms with van der Waals surface area (Å²) < 4.78 is 0. The molecule has 0 aliphatic heterocycles.